The number of hydrogen-bond acceptors (Lipinski definition) is 1. The van der Waals surface area contributed by atoms with Crippen molar-refractivity contribution >= 4 is 22.6 Å². The molecule has 0 aromatic heterocycles. The van der Waals surface area contributed by atoms with Crippen molar-refractivity contribution in [3.05, 3.63) is 0 Å². The van der Waals surface area contributed by atoms with Gasteiger partial charge in [0.1, 0.15) is 0 Å². The molecule has 1 N–H and O–H groups in total. The Kier molecular flexibility index (Phi) is 9.09. The van der Waals surface area contributed by atoms with Crippen molar-refractivity contribution in [1.82, 2.24) is 5.32 Å². The molecule has 0 radical (unpaired) electrons. The molecule has 17 heavy (non-hydrogen) atoms. The van der Waals surface area contributed by atoms with Gasteiger partial charge in [0.2, 0.25) is 0 Å². The van der Waals surface area contributed by atoms with Gasteiger partial charge in [-0.25, -0.2) is 0 Å². The molecule has 0 saturated heterocycles. The van der Waals surface area contributed by atoms with Gasteiger partial charge in [0.25, 0.3) is 0 Å². The summed E-state index contributed by atoms with van der Waals surface area (Å²) in [5, 5.41) is 3.29. The normalized spacial score (nSPS) is 16.2. The molecule has 0 aromatic carbocycles. The first-order valence-corrected chi connectivity index (χ1v) is 8.31. The molecule has 2 atom stereocenters. The van der Waals surface area contributed by atoms with Crippen LogP contribution in [0, 0.1) is 17.3 Å². The summed E-state index contributed by atoms with van der Waals surface area (Å²) in [4.78, 5) is 0. The lowest BCUT2D eigenvalue weighted by Crippen LogP contribution is -2.26. The van der Waals surface area contributed by atoms with E-state index >= 15 is 0 Å². The largest absolute Gasteiger partial charge is 0.319 e. The van der Waals surface area contributed by atoms with E-state index in [2.05, 4.69) is 62.5 Å². The number of halogens is 1. The van der Waals surface area contributed by atoms with Gasteiger partial charge in [-0.15, -0.1) is 0 Å². The fourth-order valence-electron chi connectivity index (χ4n) is 2.16. The quantitative estimate of drug-likeness (QED) is 0.460. The second kappa shape index (κ2) is 8.73. The van der Waals surface area contributed by atoms with Gasteiger partial charge in [0.15, 0.2) is 0 Å². The van der Waals surface area contributed by atoms with Crippen molar-refractivity contribution in [1.29, 1.82) is 0 Å². The first-order valence-electron chi connectivity index (χ1n) is 7.07. The maximum absolute atomic E-state index is 3.29. The molecule has 0 aliphatic heterocycles. The van der Waals surface area contributed by atoms with E-state index in [4.69, 9.17) is 0 Å². The van der Waals surface area contributed by atoms with Gasteiger partial charge in [-0.3, -0.25) is 0 Å². The average Bonchev–Trinajstić information content (AvgIpc) is 2.16. The number of hydrogen-bond donors (Lipinski definition) is 1. The van der Waals surface area contributed by atoms with Crippen LogP contribution in [-0.2, 0) is 0 Å². The van der Waals surface area contributed by atoms with Crippen molar-refractivity contribution in [2.75, 3.05) is 13.6 Å². The molecule has 0 rings (SSSR count). The predicted octanol–water partition coefficient (Wildman–Crippen LogP) is 4.89. The fourth-order valence-corrected chi connectivity index (χ4v) is 3.40. The highest BCUT2D eigenvalue weighted by molar-refractivity contribution is 14.1. The third kappa shape index (κ3) is 9.29. The van der Waals surface area contributed by atoms with Gasteiger partial charge in [0.05, 0.1) is 0 Å². The summed E-state index contributed by atoms with van der Waals surface area (Å²) in [7, 11) is 2.05. The van der Waals surface area contributed by atoms with Gasteiger partial charge in [-0.1, -0.05) is 63.6 Å². The minimum Gasteiger partial charge on any atom is -0.319 e. The van der Waals surface area contributed by atoms with Crippen LogP contribution >= 0.6 is 22.6 Å². The molecule has 1 nitrogen and oxygen atoms in total. The maximum atomic E-state index is 3.29. The van der Waals surface area contributed by atoms with Gasteiger partial charge in [0, 0.05) is 3.92 Å². The van der Waals surface area contributed by atoms with E-state index in [0.29, 0.717) is 5.41 Å². The molecule has 2 heteroatoms. The lowest BCUT2D eigenvalue weighted by molar-refractivity contribution is 0.307. The molecule has 2 unspecified atom stereocenters. The Morgan fingerprint density at radius 1 is 1.18 bits per heavy atom. The Balaban J connectivity index is 3.74. The van der Waals surface area contributed by atoms with Crippen LogP contribution in [0.5, 0.6) is 0 Å². The second-order valence-electron chi connectivity index (χ2n) is 6.64. The minimum absolute atomic E-state index is 0.453. The van der Waals surface area contributed by atoms with E-state index in [1.807, 2.05) is 7.05 Å². The van der Waals surface area contributed by atoms with Crippen molar-refractivity contribution in [3.8, 4) is 0 Å². The molecule has 0 amide bonds. The molecule has 0 aliphatic rings. The average molecular weight is 353 g/mol. The third-order valence-corrected chi connectivity index (χ3v) is 4.92. The van der Waals surface area contributed by atoms with Crippen LogP contribution in [0.4, 0.5) is 0 Å². The zero-order chi connectivity index (χ0) is 13.5. The van der Waals surface area contributed by atoms with Crippen molar-refractivity contribution in [2.24, 2.45) is 17.3 Å². The standard InChI is InChI=1S/C15H32IN/c1-12(2)13(3)10-14(16)8-7-9-15(4,5)11-17-6/h12-14,17H,7-11H2,1-6H3. The smallest absolute Gasteiger partial charge is 0.0112 e. The molecule has 0 saturated carbocycles. The molecule has 0 heterocycles. The van der Waals surface area contributed by atoms with Gasteiger partial charge in [-0.2, -0.15) is 0 Å². The first-order chi connectivity index (χ1) is 7.78. The molecular weight excluding hydrogens is 321 g/mol. The predicted molar refractivity (Wildman–Crippen MR) is 88.0 cm³/mol. The SMILES string of the molecule is CNCC(C)(C)CCCC(I)CC(C)C(C)C. The topological polar surface area (TPSA) is 12.0 Å². The highest BCUT2D eigenvalue weighted by Gasteiger charge is 2.18. The fraction of sp³-hybridized carbons (Fsp3) is 1.00. The van der Waals surface area contributed by atoms with Crippen LogP contribution in [0.3, 0.4) is 0 Å². The molecule has 104 valence electrons. The summed E-state index contributed by atoms with van der Waals surface area (Å²) in [5.41, 5.74) is 0.453. The minimum atomic E-state index is 0.453. The van der Waals surface area contributed by atoms with E-state index in [9.17, 15) is 0 Å². The third-order valence-electron chi connectivity index (χ3n) is 3.79. The Hall–Kier alpha value is 0.690. The Morgan fingerprint density at radius 3 is 2.24 bits per heavy atom. The highest BCUT2D eigenvalue weighted by Crippen LogP contribution is 2.27. The summed E-state index contributed by atoms with van der Waals surface area (Å²) in [5.74, 6) is 1.69. The van der Waals surface area contributed by atoms with Crippen molar-refractivity contribution in [3.63, 3.8) is 0 Å². The van der Waals surface area contributed by atoms with Gasteiger partial charge >= 0.3 is 0 Å². The summed E-state index contributed by atoms with van der Waals surface area (Å²) < 4.78 is 0.857. The molecule has 0 aliphatic carbocycles. The lowest BCUT2D eigenvalue weighted by atomic mass is 9.86. The van der Waals surface area contributed by atoms with E-state index in [1.54, 1.807) is 0 Å². The summed E-state index contributed by atoms with van der Waals surface area (Å²) in [6, 6.07) is 0. The van der Waals surface area contributed by atoms with Crippen LogP contribution < -0.4 is 5.32 Å². The maximum Gasteiger partial charge on any atom is 0.0112 e. The van der Waals surface area contributed by atoms with E-state index in [-0.39, 0.29) is 0 Å². The Bertz CT molecular complexity index is 189. The van der Waals surface area contributed by atoms with Crippen molar-refractivity contribution < 1.29 is 0 Å². The Morgan fingerprint density at radius 2 is 1.76 bits per heavy atom. The lowest BCUT2D eigenvalue weighted by Gasteiger charge is -2.25. The molecular formula is C15H32IN. The number of nitrogens with one attached hydrogen (secondary N) is 1. The van der Waals surface area contributed by atoms with Crippen LogP contribution in [0.1, 0.15) is 60.3 Å². The van der Waals surface area contributed by atoms with Crippen LogP contribution in [0.25, 0.3) is 0 Å². The second-order valence-corrected chi connectivity index (χ2v) is 8.40. The monoisotopic (exact) mass is 353 g/mol. The van der Waals surface area contributed by atoms with Crippen molar-refractivity contribution in [2.45, 2.75) is 64.2 Å². The van der Waals surface area contributed by atoms with Gasteiger partial charge in [-0.05, 0) is 50.1 Å². The summed E-state index contributed by atoms with van der Waals surface area (Å²) >= 11 is 2.65. The zero-order valence-electron chi connectivity index (χ0n) is 12.6. The van der Waals surface area contributed by atoms with Crippen LogP contribution in [-0.4, -0.2) is 17.5 Å². The Labute approximate surface area is 123 Å². The number of alkyl halides is 1. The van der Waals surface area contributed by atoms with E-state index in [1.165, 1.54) is 25.7 Å². The molecule has 0 aromatic rings. The highest BCUT2D eigenvalue weighted by atomic mass is 127. The van der Waals surface area contributed by atoms with Gasteiger partial charge < -0.3 is 5.32 Å². The zero-order valence-corrected chi connectivity index (χ0v) is 14.8. The van der Waals surface area contributed by atoms with E-state index in [0.717, 1.165) is 22.3 Å². The first kappa shape index (κ1) is 17.7. The molecule has 0 fully saturated rings. The van der Waals surface area contributed by atoms with Crippen LogP contribution in [0.15, 0.2) is 0 Å². The summed E-state index contributed by atoms with van der Waals surface area (Å²) in [6.45, 7) is 12.9. The summed E-state index contributed by atoms with van der Waals surface area (Å²) in [6.07, 6.45) is 5.46. The van der Waals surface area contributed by atoms with Crippen LogP contribution in [0.2, 0.25) is 0 Å². The van der Waals surface area contributed by atoms with E-state index < -0.39 is 0 Å². The number of rotatable bonds is 9. The molecule has 0 spiro atoms. The molecule has 0 bridgehead atoms.